The lowest BCUT2D eigenvalue weighted by Gasteiger charge is -2.10. The summed E-state index contributed by atoms with van der Waals surface area (Å²) in [6.45, 7) is 7.16. The molecule has 2 aromatic rings. The maximum absolute atomic E-state index is 5.41. The van der Waals surface area contributed by atoms with Crippen LogP contribution in [0.15, 0.2) is 18.2 Å². The lowest BCUT2D eigenvalue weighted by molar-refractivity contribution is 0.408. The minimum absolute atomic E-state index is 0.885. The Hall–Kier alpha value is -1.74. The molecular formula is C16H22N2O. The molecule has 1 aromatic heterocycles. The van der Waals surface area contributed by atoms with Gasteiger partial charge in [0.05, 0.1) is 7.11 Å². The number of hydrogen-bond donors (Lipinski definition) is 2. The van der Waals surface area contributed by atoms with Crippen LogP contribution in [0.5, 0.6) is 5.75 Å². The van der Waals surface area contributed by atoms with E-state index in [4.69, 9.17) is 4.74 Å². The van der Waals surface area contributed by atoms with Gasteiger partial charge in [0.15, 0.2) is 0 Å². The second-order valence-corrected chi connectivity index (χ2v) is 5.01. The topological polar surface area (TPSA) is 37.0 Å². The molecule has 0 atom stereocenters. The summed E-state index contributed by atoms with van der Waals surface area (Å²) in [6.07, 6.45) is 0. The molecule has 19 heavy (non-hydrogen) atoms. The molecule has 3 heteroatoms. The molecule has 0 spiro atoms. The molecule has 0 amide bonds. The van der Waals surface area contributed by atoms with Crippen LogP contribution in [0.1, 0.15) is 22.4 Å². The van der Waals surface area contributed by atoms with Crippen molar-refractivity contribution in [2.75, 3.05) is 14.2 Å². The molecule has 0 aliphatic heterocycles. The number of H-pyrrole nitrogens is 1. The van der Waals surface area contributed by atoms with Crippen molar-refractivity contribution in [2.45, 2.75) is 27.3 Å². The molecule has 3 nitrogen and oxygen atoms in total. The van der Waals surface area contributed by atoms with E-state index in [9.17, 15) is 0 Å². The smallest absolute Gasteiger partial charge is 0.124 e. The van der Waals surface area contributed by atoms with Crippen LogP contribution in [-0.2, 0) is 6.54 Å². The molecule has 2 N–H and O–H groups in total. The zero-order chi connectivity index (χ0) is 14.0. The van der Waals surface area contributed by atoms with Crippen molar-refractivity contribution >= 4 is 0 Å². The van der Waals surface area contributed by atoms with Crippen molar-refractivity contribution in [1.82, 2.24) is 10.3 Å². The van der Waals surface area contributed by atoms with E-state index < -0.39 is 0 Å². The first-order chi connectivity index (χ1) is 9.06. The SMILES string of the molecule is CNCc1cc(-c2cc(C)c(OC)c(C)c2)[nH]c1C. The first kappa shape index (κ1) is 13.7. The predicted molar refractivity (Wildman–Crippen MR) is 79.8 cm³/mol. The molecule has 1 heterocycles. The summed E-state index contributed by atoms with van der Waals surface area (Å²) in [7, 11) is 3.69. The molecule has 0 aliphatic carbocycles. The number of aryl methyl sites for hydroxylation is 3. The minimum Gasteiger partial charge on any atom is -0.496 e. The quantitative estimate of drug-likeness (QED) is 0.882. The second-order valence-electron chi connectivity index (χ2n) is 5.01. The van der Waals surface area contributed by atoms with Gasteiger partial charge in [-0.2, -0.15) is 0 Å². The normalized spacial score (nSPS) is 10.8. The number of benzene rings is 1. The number of aromatic amines is 1. The van der Waals surface area contributed by atoms with E-state index in [0.29, 0.717) is 0 Å². The third-order valence-electron chi connectivity index (χ3n) is 3.47. The molecular weight excluding hydrogens is 236 g/mol. The highest BCUT2D eigenvalue weighted by Gasteiger charge is 2.10. The Kier molecular flexibility index (Phi) is 3.96. The number of nitrogens with one attached hydrogen (secondary N) is 2. The van der Waals surface area contributed by atoms with E-state index >= 15 is 0 Å². The Morgan fingerprint density at radius 3 is 2.26 bits per heavy atom. The van der Waals surface area contributed by atoms with Gasteiger partial charge in [-0.15, -0.1) is 0 Å². The minimum atomic E-state index is 0.885. The van der Waals surface area contributed by atoms with Crippen molar-refractivity contribution in [2.24, 2.45) is 0 Å². The highest BCUT2D eigenvalue weighted by Crippen LogP contribution is 2.30. The molecule has 0 bridgehead atoms. The summed E-state index contributed by atoms with van der Waals surface area (Å²) in [5.41, 5.74) is 7.23. The van der Waals surface area contributed by atoms with Crippen LogP contribution < -0.4 is 10.1 Å². The van der Waals surface area contributed by atoms with E-state index in [0.717, 1.165) is 18.0 Å². The van der Waals surface area contributed by atoms with E-state index in [2.05, 4.69) is 49.3 Å². The maximum Gasteiger partial charge on any atom is 0.124 e. The Balaban J connectivity index is 2.44. The average Bonchev–Trinajstić information content (AvgIpc) is 2.71. The molecule has 1 aromatic carbocycles. The van der Waals surface area contributed by atoms with Gasteiger partial charge in [0, 0.05) is 17.9 Å². The highest BCUT2D eigenvalue weighted by atomic mass is 16.5. The third kappa shape index (κ3) is 2.66. The van der Waals surface area contributed by atoms with E-state index in [-0.39, 0.29) is 0 Å². The standard InChI is InChI=1S/C16H22N2O/c1-10-6-13(7-11(2)16(10)19-5)15-8-14(9-17-4)12(3)18-15/h6-8,17-18H,9H2,1-5H3. The van der Waals surface area contributed by atoms with Crippen molar-refractivity contribution in [3.8, 4) is 17.0 Å². The Bertz CT molecular complexity index is 561. The number of rotatable bonds is 4. The molecule has 102 valence electrons. The van der Waals surface area contributed by atoms with Crippen LogP contribution >= 0.6 is 0 Å². The van der Waals surface area contributed by atoms with Crippen molar-refractivity contribution in [3.63, 3.8) is 0 Å². The zero-order valence-corrected chi connectivity index (χ0v) is 12.3. The van der Waals surface area contributed by atoms with E-state index in [1.54, 1.807) is 7.11 Å². The zero-order valence-electron chi connectivity index (χ0n) is 12.3. The molecule has 0 fully saturated rings. The van der Waals surface area contributed by atoms with Crippen LogP contribution in [0.2, 0.25) is 0 Å². The highest BCUT2D eigenvalue weighted by molar-refractivity contribution is 5.65. The molecule has 0 radical (unpaired) electrons. The fourth-order valence-electron chi connectivity index (χ4n) is 2.56. The third-order valence-corrected chi connectivity index (χ3v) is 3.47. The predicted octanol–water partition coefficient (Wildman–Crippen LogP) is 3.33. The molecule has 2 rings (SSSR count). The van der Waals surface area contributed by atoms with Gasteiger partial charge in [-0.25, -0.2) is 0 Å². The first-order valence-corrected chi connectivity index (χ1v) is 6.55. The van der Waals surface area contributed by atoms with Gasteiger partial charge >= 0.3 is 0 Å². The summed E-state index contributed by atoms with van der Waals surface area (Å²) < 4.78 is 5.41. The number of hydrogen-bond acceptors (Lipinski definition) is 2. The fourth-order valence-corrected chi connectivity index (χ4v) is 2.56. The summed E-state index contributed by atoms with van der Waals surface area (Å²) >= 11 is 0. The summed E-state index contributed by atoms with van der Waals surface area (Å²) in [4.78, 5) is 3.46. The van der Waals surface area contributed by atoms with Gasteiger partial charge in [0.1, 0.15) is 5.75 Å². The number of methoxy groups -OCH3 is 1. The lowest BCUT2D eigenvalue weighted by atomic mass is 10.0. The van der Waals surface area contributed by atoms with Crippen molar-refractivity contribution < 1.29 is 4.74 Å². The monoisotopic (exact) mass is 258 g/mol. The molecule has 0 unspecified atom stereocenters. The molecule has 0 saturated heterocycles. The van der Waals surface area contributed by atoms with Crippen LogP contribution in [0.3, 0.4) is 0 Å². The summed E-state index contributed by atoms with van der Waals surface area (Å²) in [6, 6.07) is 6.55. The van der Waals surface area contributed by atoms with Gasteiger partial charge in [0.2, 0.25) is 0 Å². The Labute approximate surface area is 115 Å². The van der Waals surface area contributed by atoms with Crippen LogP contribution in [0, 0.1) is 20.8 Å². The first-order valence-electron chi connectivity index (χ1n) is 6.55. The Morgan fingerprint density at radius 1 is 1.11 bits per heavy atom. The van der Waals surface area contributed by atoms with Gasteiger partial charge in [0.25, 0.3) is 0 Å². The van der Waals surface area contributed by atoms with Gasteiger partial charge in [-0.3, -0.25) is 0 Å². The van der Waals surface area contributed by atoms with Crippen LogP contribution in [-0.4, -0.2) is 19.1 Å². The van der Waals surface area contributed by atoms with Crippen LogP contribution in [0.25, 0.3) is 11.3 Å². The Morgan fingerprint density at radius 2 is 1.74 bits per heavy atom. The van der Waals surface area contributed by atoms with Gasteiger partial charge in [-0.05, 0) is 68.3 Å². The number of ether oxygens (including phenoxy) is 1. The van der Waals surface area contributed by atoms with E-state index in [1.807, 2.05) is 7.05 Å². The maximum atomic E-state index is 5.41. The van der Waals surface area contributed by atoms with Gasteiger partial charge < -0.3 is 15.0 Å². The van der Waals surface area contributed by atoms with Crippen molar-refractivity contribution in [1.29, 1.82) is 0 Å². The average molecular weight is 258 g/mol. The lowest BCUT2D eigenvalue weighted by Crippen LogP contribution is -2.04. The van der Waals surface area contributed by atoms with E-state index in [1.165, 1.54) is 27.9 Å². The van der Waals surface area contributed by atoms with Gasteiger partial charge in [-0.1, -0.05) is 0 Å². The molecule has 0 saturated carbocycles. The van der Waals surface area contributed by atoms with Crippen molar-refractivity contribution in [3.05, 3.63) is 40.6 Å². The second kappa shape index (κ2) is 5.49. The number of aromatic nitrogens is 1. The largest absolute Gasteiger partial charge is 0.496 e. The molecule has 0 aliphatic rings. The summed E-state index contributed by atoms with van der Waals surface area (Å²) in [5, 5.41) is 3.19. The van der Waals surface area contributed by atoms with Crippen LogP contribution in [0.4, 0.5) is 0 Å². The fraction of sp³-hybridized carbons (Fsp3) is 0.375. The summed E-state index contributed by atoms with van der Waals surface area (Å²) in [5.74, 6) is 0.975.